The van der Waals surface area contributed by atoms with Crippen molar-refractivity contribution in [3.8, 4) is 50.9 Å². The summed E-state index contributed by atoms with van der Waals surface area (Å²) in [5.74, 6) is 2.42. The Bertz CT molecular complexity index is 4650. The van der Waals surface area contributed by atoms with Gasteiger partial charge in [-0.25, -0.2) is 0 Å². The number of rotatable bonds is 7. The summed E-state index contributed by atoms with van der Waals surface area (Å²) < 4.78 is 17.8. The van der Waals surface area contributed by atoms with Crippen LogP contribution in [0.25, 0.3) is 110 Å². The van der Waals surface area contributed by atoms with E-state index in [0.717, 1.165) is 65.5 Å². The van der Waals surface area contributed by atoms with Crippen LogP contribution >= 0.6 is 0 Å². The molecule has 9 aromatic carbocycles. The fourth-order valence-electron chi connectivity index (χ4n) is 11.8. The molecular formula is C69H55N5OPt. The number of ether oxygens (including phenoxy) is 1. The van der Waals surface area contributed by atoms with Crippen LogP contribution in [-0.4, -0.2) is 23.1 Å². The zero-order valence-corrected chi connectivity index (χ0v) is 45.9. The molecule has 0 spiro atoms. The molecule has 372 valence electrons. The first kappa shape index (κ1) is 46.2. The van der Waals surface area contributed by atoms with E-state index in [1.54, 1.807) is 0 Å². The number of para-hydroxylation sites is 4. The van der Waals surface area contributed by atoms with Gasteiger partial charge in [0, 0.05) is 27.7 Å². The van der Waals surface area contributed by atoms with Crippen molar-refractivity contribution >= 4 is 70.9 Å². The van der Waals surface area contributed by atoms with Gasteiger partial charge in [0.05, 0.1) is 16.6 Å². The second-order valence-electron chi connectivity index (χ2n) is 22.5. The Hall–Kier alpha value is -8.31. The summed E-state index contributed by atoms with van der Waals surface area (Å²) in [5.41, 5.74) is 18.3. The molecule has 0 saturated carbocycles. The summed E-state index contributed by atoms with van der Waals surface area (Å²) in [6.45, 7) is 15.8. The quantitative estimate of drug-likeness (QED) is 0.160. The van der Waals surface area contributed by atoms with Crippen LogP contribution in [0.3, 0.4) is 0 Å². The van der Waals surface area contributed by atoms with Crippen LogP contribution in [0.4, 0.5) is 0 Å². The summed E-state index contributed by atoms with van der Waals surface area (Å²) in [6.07, 6.45) is 1.96. The Kier molecular flexibility index (Phi) is 10.4. The molecule has 0 aliphatic carbocycles. The molecule has 0 aliphatic heterocycles. The first-order valence-corrected chi connectivity index (χ1v) is 27.3. The molecule has 5 heterocycles. The molecule has 0 radical (unpaired) electrons. The third kappa shape index (κ3) is 7.18. The van der Waals surface area contributed by atoms with Crippen molar-refractivity contribution in [1.29, 1.82) is 0 Å². The maximum atomic E-state index is 7.13. The molecular weight excluding hydrogens is 1110 g/mol. The van der Waals surface area contributed by atoms with Crippen LogP contribution in [0.1, 0.15) is 58.2 Å². The predicted octanol–water partition coefficient (Wildman–Crippen LogP) is 18.2. The maximum Gasteiger partial charge on any atom is 0.0620 e. The van der Waals surface area contributed by atoms with E-state index in [0.29, 0.717) is 0 Å². The molecule has 0 amide bonds. The van der Waals surface area contributed by atoms with Crippen LogP contribution in [0.5, 0.6) is 11.5 Å². The van der Waals surface area contributed by atoms with E-state index in [2.05, 4.69) is 286 Å². The minimum Gasteiger partial charge on any atom is 0.0620 e. The summed E-state index contributed by atoms with van der Waals surface area (Å²) in [5, 5.41) is 7.37. The van der Waals surface area contributed by atoms with Gasteiger partial charge in [-0.2, -0.15) is 0 Å². The molecule has 5 aromatic heterocycles. The molecule has 0 atom stereocenters. The first-order valence-electron chi connectivity index (χ1n) is 26.2. The maximum absolute atomic E-state index is 7.13. The smallest absolute Gasteiger partial charge is 0.0620 e. The van der Waals surface area contributed by atoms with Gasteiger partial charge in [0.2, 0.25) is 0 Å². The molecule has 0 aliphatic rings. The van der Waals surface area contributed by atoms with Gasteiger partial charge in [-0.1, -0.05) is 57.2 Å². The average Bonchev–Trinajstić information content (AvgIpc) is 4.14. The van der Waals surface area contributed by atoms with Gasteiger partial charge in [0.25, 0.3) is 0 Å². The van der Waals surface area contributed by atoms with Crippen LogP contribution in [0.15, 0.2) is 206 Å². The van der Waals surface area contributed by atoms with E-state index in [1.165, 1.54) is 76.9 Å². The summed E-state index contributed by atoms with van der Waals surface area (Å²) in [6, 6.07) is 73.1. The van der Waals surface area contributed by atoms with Crippen LogP contribution in [0.2, 0.25) is 0 Å². The number of imidazole rings is 1. The number of fused-ring (bicyclic) bond motifs is 10. The number of nitrogens with zero attached hydrogens (tertiary/aromatic N) is 5. The second kappa shape index (κ2) is 17.1. The minimum atomic E-state index is -0.0793. The topological polar surface area (TPSA) is 41.3 Å². The fraction of sp³-hybridized carbons (Fsp3) is 0.130. The van der Waals surface area contributed by atoms with Gasteiger partial charge < -0.3 is 4.40 Å². The molecule has 0 bridgehead atoms. The standard InChI is InChI=1S/C69H55N5O.Pt/c1-43-29-30-48(71-42-72(60-28-17-16-27-59(60)71)66-54(44-19-10-8-11-20-44)35-47(69(5,6)7)36-55(66)45-21-12-9-13-22-45)38-64(43)75-49-31-32-51-56-40-57-53-25-18-24-52-50-23-14-15-26-58(50)74(67(52)53)63(57)41-62(56)73(61(51)39-49)65-37-46(33-34-70-65)68(2,3)4;/h8-41H,1-7H3;. The van der Waals surface area contributed by atoms with Crippen LogP contribution < -0.4 is 4.74 Å². The Morgan fingerprint density at radius 2 is 1.01 bits per heavy atom. The first-order chi connectivity index (χ1) is 36.8. The largest absolute Gasteiger partial charge is 0.0620 e. The van der Waals surface area contributed by atoms with Gasteiger partial charge in [-0.3, -0.25) is 0 Å². The molecule has 14 aromatic rings. The van der Waals surface area contributed by atoms with Gasteiger partial charge in [-0.05, 0) is 23.1 Å². The Labute approximate surface area is 452 Å². The molecule has 7 heteroatoms. The molecule has 6 nitrogen and oxygen atoms in total. The molecule has 0 saturated heterocycles. The second-order valence-corrected chi connectivity index (χ2v) is 23.5. The number of hydrogen-bond donors (Lipinski definition) is 0. The van der Waals surface area contributed by atoms with E-state index in [-0.39, 0.29) is 10.8 Å². The predicted molar refractivity (Wildman–Crippen MR) is 312 cm³/mol. The van der Waals surface area contributed by atoms with Crippen molar-refractivity contribution in [1.82, 2.24) is 23.1 Å². The van der Waals surface area contributed by atoms with Crippen LogP contribution in [0, 0.1) is 10.7 Å². The van der Waals surface area contributed by atoms with Gasteiger partial charge in [-0.15, -0.1) is 0 Å². The average molecular weight is 1170 g/mol. The van der Waals surface area contributed by atoms with Crippen LogP contribution in [-0.2, 0) is 30.2 Å². The minimum absolute atomic E-state index is 0.0702. The normalized spacial score (nSPS) is 12.5. The van der Waals surface area contributed by atoms with Gasteiger partial charge >= 0.3 is 326 Å². The van der Waals surface area contributed by atoms with Crippen molar-refractivity contribution in [3.63, 3.8) is 0 Å². The molecule has 0 fully saturated rings. The van der Waals surface area contributed by atoms with Crippen molar-refractivity contribution in [2.75, 3.05) is 0 Å². The Morgan fingerprint density at radius 3 is 1.70 bits per heavy atom. The summed E-state index contributed by atoms with van der Waals surface area (Å²) in [4.78, 5) is 5.11. The van der Waals surface area contributed by atoms with Crippen molar-refractivity contribution < 1.29 is 24.1 Å². The third-order valence-corrected chi connectivity index (χ3v) is 16.7. The summed E-state index contributed by atoms with van der Waals surface area (Å²) in [7, 11) is 0. The van der Waals surface area contributed by atoms with Crippen molar-refractivity contribution in [2.45, 2.75) is 59.3 Å². The van der Waals surface area contributed by atoms with E-state index in [1.807, 2.05) is 6.20 Å². The SMILES string of the molecule is Cc1ccc(-n2[c](=[Pt])n(-c3c(-c4ccccc4)cc(C(C)(C)C)cc3-c3ccccc3)c3ccccc32)cc1Oc1ccc2c3cc4c5cccc6c7ccccc7n(c4cc3n(-c3cc(C(C)(C)C)ccn3)c2c1)c65. The third-order valence-electron chi connectivity index (χ3n) is 15.7. The van der Waals surface area contributed by atoms with Crippen molar-refractivity contribution in [2.24, 2.45) is 0 Å². The number of benzene rings is 9. The van der Waals surface area contributed by atoms with E-state index in [4.69, 9.17) is 9.72 Å². The zero-order chi connectivity index (χ0) is 51.8. The number of hydrogen-bond acceptors (Lipinski definition) is 2. The van der Waals surface area contributed by atoms with E-state index >= 15 is 0 Å². The molecule has 0 unspecified atom stereocenters. The number of aromatic nitrogens is 5. The summed E-state index contributed by atoms with van der Waals surface area (Å²) >= 11 is 2.54. The van der Waals surface area contributed by atoms with Gasteiger partial charge in [0.1, 0.15) is 0 Å². The van der Waals surface area contributed by atoms with Gasteiger partial charge in [0.15, 0.2) is 0 Å². The van der Waals surface area contributed by atoms with E-state index < -0.39 is 0 Å². The van der Waals surface area contributed by atoms with E-state index in [9.17, 15) is 0 Å². The monoisotopic (exact) mass is 1160 g/mol. The molecule has 14 rings (SSSR count). The number of pyridine rings is 1. The molecule has 76 heavy (non-hydrogen) atoms. The number of aryl methyl sites for hydroxylation is 1. The molecule has 0 N–H and O–H groups in total. The fourth-order valence-corrected chi connectivity index (χ4v) is 12.8. The Morgan fingerprint density at radius 1 is 0.434 bits per heavy atom. The Balaban J connectivity index is 0.951. The zero-order valence-electron chi connectivity index (χ0n) is 43.6. The van der Waals surface area contributed by atoms with Crippen molar-refractivity contribution in [3.05, 3.63) is 227 Å².